The number of likely N-dealkylation sites (tertiary alicyclic amines) is 2. The fraction of sp³-hybridized carbons (Fsp3) is 0.893. The van der Waals surface area contributed by atoms with E-state index in [-0.39, 0.29) is 69.1 Å². The van der Waals surface area contributed by atoms with Crippen LogP contribution >= 0.6 is 27.0 Å². The lowest BCUT2D eigenvalue weighted by atomic mass is 9.78. The average Bonchev–Trinajstić information content (AvgIpc) is 3.33. The number of rotatable bonds is 4. The van der Waals surface area contributed by atoms with Crippen LogP contribution in [0, 0.1) is 11.8 Å². The highest BCUT2D eigenvalue weighted by molar-refractivity contribution is 7.59. The molecular weight excluding hydrogens is 524 g/mol. The minimum atomic E-state index is -0.496. The first kappa shape index (κ1) is 34.9. The third-order valence-corrected chi connectivity index (χ3v) is 7.67. The van der Waals surface area contributed by atoms with Crippen LogP contribution in [-0.2, 0) is 14.3 Å². The molecule has 4 fully saturated rings. The van der Waals surface area contributed by atoms with E-state index in [0.717, 1.165) is 57.8 Å². The Hall–Kier alpha value is -1.13. The van der Waals surface area contributed by atoms with Crippen LogP contribution in [-0.4, -0.2) is 75.4 Å². The summed E-state index contributed by atoms with van der Waals surface area (Å²) in [5, 5.41) is 10.3. The Bertz CT molecular complexity index is 789. The highest BCUT2D eigenvalue weighted by atomic mass is 32.1. The van der Waals surface area contributed by atoms with E-state index in [1.165, 1.54) is 6.42 Å². The summed E-state index contributed by atoms with van der Waals surface area (Å²) < 4.78 is 10.8. The van der Waals surface area contributed by atoms with Gasteiger partial charge in [0.2, 0.25) is 0 Å². The zero-order chi connectivity index (χ0) is 26.7. The lowest BCUT2D eigenvalue weighted by Crippen LogP contribution is -2.48. The van der Waals surface area contributed by atoms with Gasteiger partial charge >= 0.3 is 12.2 Å². The van der Waals surface area contributed by atoms with E-state index in [4.69, 9.17) is 9.47 Å². The van der Waals surface area contributed by atoms with Crippen molar-refractivity contribution in [1.29, 1.82) is 0 Å². The van der Waals surface area contributed by atoms with Crippen molar-refractivity contribution in [2.75, 3.05) is 13.1 Å². The monoisotopic (exact) mass is 576 g/mol. The van der Waals surface area contributed by atoms with Gasteiger partial charge in [-0.15, -0.1) is 0 Å². The van der Waals surface area contributed by atoms with Crippen LogP contribution in [0.15, 0.2) is 0 Å². The molecule has 4 rings (SSSR count). The third kappa shape index (κ3) is 9.51. The van der Waals surface area contributed by atoms with E-state index in [2.05, 4.69) is 0 Å². The van der Waals surface area contributed by atoms with Gasteiger partial charge in [0, 0.05) is 19.0 Å². The van der Waals surface area contributed by atoms with Crippen LogP contribution in [0.2, 0.25) is 0 Å². The second-order valence-electron chi connectivity index (χ2n) is 12.9. The summed E-state index contributed by atoms with van der Waals surface area (Å²) in [4.78, 5) is 39.8. The van der Waals surface area contributed by atoms with Gasteiger partial charge in [-0.05, 0) is 98.8 Å². The van der Waals surface area contributed by atoms with Crippen LogP contribution < -0.4 is 0 Å². The molecule has 2 amide bonds. The largest absolute Gasteiger partial charge is 0.444 e. The van der Waals surface area contributed by atoms with E-state index in [1.54, 1.807) is 9.80 Å². The molecule has 8 nitrogen and oxygen atoms in total. The van der Waals surface area contributed by atoms with Crippen molar-refractivity contribution < 1.29 is 29.0 Å². The Labute approximate surface area is 243 Å². The number of nitrogens with zero attached hydrogens (tertiary/aromatic N) is 2. The average molecular weight is 577 g/mol. The number of aliphatic hydroxyl groups is 1. The Morgan fingerprint density at radius 1 is 0.711 bits per heavy atom. The van der Waals surface area contributed by atoms with Gasteiger partial charge in [-0.1, -0.05) is 12.8 Å². The highest BCUT2D eigenvalue weighted by Crippen LogP contribution is 2.36. The predicted molar refractivity (Wildman–Crippen MR) is 158 cm³/mol. The summed E-state index contributed by atoms with van der Waals surface area (Å²) in [7, 11) is 0. The summed E-state index contributed by atoms with van der Waals surface area (Å²) in [6.07, 6.45) is 9.14. The topological polar surface area (TPSA) is 96.4 Å². The van der Waals surface area contributed by atoms with Crippen molar-refractivity contribution in [3.8, 4) is 0 Å². The quantitative estimate of drug-likeness (QED) is 0.473. The number of ether oxygens (including phenoxy) is 2. The molecule has 2 aliphatic carbocycles. The maximum atomic E-state index is 12.3. The smallest absolute Gasteiger partial charge is 0.410 e. The van der Waals surface area contributed by atoms with Crippen molar-refractivity contribution in [2.45, 2.75) is 135 Å². The number of Topliss-reactive ketones (excluding diaryl/α,β-unsaturated/α-hetero) is 1. The van der Waals surface area contributed by atoms with Gasteiger partial charge in [0.1, 0.15) is 11.2 Å². The zero-order valence-corrected chi connectivity index (χ0v) is 26.3. The number of carbonyl (C=O) groups is 3. The Morgan fingerprint density at radius 2 is 1.18 bits per heavy atom. The Morgan fingerprint density at radius 3 is 1.63 bits per heavy atom. The van der Waals surface area contributed by atoms with E-state index >= 15 is 0 Å². The molecule has 222 valence electrons. The first-order chi connectivity index (χ1) is 16.8. The molecule has 0 bridgehead atoms. The van der Waals surface area contributed by atoms with Gasteiger partial charge in [0.15, 0.2) is 5.78 Å². The molecule has 0 aromatic rings. The molecule has 4 aliphatic rings. The van der Waals surface area contributed by atoms with E-state index in [9.17, 15) is 19.5 Å². The standard InChI is InChI=1S/C14H25NO3.C14H23NO3.2H2S/c2*1-14(2,3)18-13(17)15-9-5-8-11(15)12(16)10-6-4-7-10;;/h10-12,16H,4-9H2,1-3H3;10-11H,4-9H2,1-3H3;2*1H2/t11-,12?;11-;;/m00../s1. The molecule has 0 spiro atoms. The van der Waals surface area contributed by atoms with Crippen molar-refractivity contribution in [2.24, 2.45) is 11.8 Å². The number of ketones is 1. The molecule has 0 aromatic heterocycles. The minimum Gasteiger partial charge on any atom is -0.444 e. The normalized spacial score (nSPS) is 24.5. The maximum absolute atomic E-state index is 12.3. The van der Waals surface area contributed by atoms with Crippen LogP contribution in [0.4, 0.5) is 9.59 Å². The molecular formula is C28H52N2O6S2. The van der Waals surface area contributed by atoms with Crippen molar-refractivity contribution in [3.63, 3.8) is 0 Å². The molecule has 0 radical (unpaired) electrons. The van der Waals surface area contributed by atoms with Gasteiger partial charge in [0.05, 0.1) is 18.2 Å². The summed E-state index contributed by atoms with van der Waals surface area (Å²) in [5.74, 6) is 0.834. The summed E-state index contributed by atoms with van der Waals surface area (Å²) in [6, 6.07) is -0.268. The molecule has 0 aromatic carbocycles. The zero-order valence-electron chi connectivity index (χ0n) is 24.3. The molecule has 2 heterocycles. The van der Waals surface area contributed by atoms with E-state index in [0.29, 0.717) is 19.0 Å². The molecule has 1 unspecified atom stereocenters. The number of hydrogen-bond donors (Lipinski definition) is 1. The van der Waals surface area contributed by atoms with Crippen molar-refractivity contribution in [1.82, 2.24) is 9.80 Å². The molecule has 2 saturated heterocycles. The summed E-state index contributed by atoms with van der Waals surface area (Å²) in [5.41, 5.74) is -0.963. The van der Waals surface area contributed by atoms with Crippen molar-refractivity contribution >= 4 is 45.0 Å². The van der Waals surface area contributed by atoms with Crippen LogP contribution in [0.1, 0.15) is 106 Å². The van der Waals surface area contributed by atoms with E-state index in [1.807, 2.05) is 41.5 Å². The molecule has 3 atom stereocenters. The lowest BCUT2D eigenvalue weighted by molar-refractivity contribution is -0.129. The molecule has 1 N–H and O–H groups in total. The Kier molecular flexibility index (Phi) is 13.3. The third-order valence-electron chi connectivity index (χ3n) is 7.67. The van der Waals surface area contributed by atoms with Gasteiger partial charge in [0.25, 0.3) is 0 Å². The van der Waals surface area contributed by atoms with Crippen LogP contribution in [0.25, 0.3) is 0 Å². The van der Waals surface area contributed by atoms with Gasteiger partial charge < -0.3 is 19.5 Å². The lowest BCUT2D eigenvalue weighted by Gasteiger charge is -2.37. The first-order valence-corrected chi connectivity index (χ1v) is 14.0. The molecule has 2 aliphatic heterocycles. The van der Waals surface area contributed by atoms with Crippen LogP contribution in [0.5, 0.6) is 0 Å². The predicted octanol–water partition coefficient (Wildman–Crippen LogP) is 5.53. The SMILES string of the molecule is CC(C)(C)OC(=O)N1CCC[C@H]1C(=O)C1CCC1.CC(C)(C)OC(=O)N1CCC[C@H]1C(O)C1CCC1.S.S. The second kappa shape index (κ2) is 14.5. The van der Waals surface area contributed by atoms with Gasteiger partial charge in [-0.25, -0.2) is 9.59 Å². The first-order valence-electron chi connectivity index (χ1n) is 14.0. The fourth-order valence-electron chi connectivity index (χ4n) is 5.36. The number of aliphatic hydroxyl groups excluding tert-OH is 1. The highest BCUT2D eigenvalue weighted by Gasteiger charge is 2.42. The van der Waals surface area contributed by atoms with E-state index < -0.39 is 11.2 Å². The number of hydrogen-bond acceptors (Lipinski definition) is 6. The molecule has 2 saturated carbocycles. The summed E-state index contributed by atoms with van der Waals surface area (Å²) >= 11 is 0. The van der Waals surface area contributed by atoms with Crippen molar-refractivity contribution in [3.05, 3.63) is 0 Å². The summed E-state index contributed by atoms with van der Waals surface area (Å²) in [6.45, 7) is 12.5. The fourth-order valence-corrected chi connectivity index (χ4v) is 5.36. The minimum absolute atomic E-state index is 0. The Balaban J connectivity index is 0.000000361. The maximum Gasteiger partial charge on any atom is 0.410 e. The van der Waals surface area contributed by atoms with Gasteiger partial charge in [-0.2, -0.15) is 27.0 Å². The van der Waals surface area contributed by atoms with Gasteiger partial charge in [-0.3, -0.25) is 9.69 Å². The number of carbonyl (C=O) groups excluding carboxylic acids is 3. The molecule has 38 heavy (non-hydrogen) atoms. The van der Waals surface area contributed by atoms with Crippen LogP contribution in [0.3, 0.4) is 0 Å². The number of amides is 2. The molecule has 10 heteroatoms. The second-order valence-corrected chi connectivity index (χ2v) is 12.9.